The van der Waals surface area contributed by atoms with E-state index in [1.54, 1.807) is 6.33 Å². The van der Waals surface area contributed by atoms with Crippen LogP contribution in [0.3, 0.4) is 0 Å². The molecule has 1 atom stereocenters. The lowest BCUT2D eigenvalue weighted by Crippen LogP contribution is -2.01. The van der Waals surface area contributed by atoms with E-state index in [9.17, 15) is 0 Å². The highest BCUT2D eigenvalue weighted by Gasteiger charge is 2.24. The molecule has 30 heavy (non-hydrogen) atoms. The molecule has 3 aromatic heterocycles. The van der Waals surface area contributed by atoms with Crippen molar-refractivity contribution < 1.29 is 0 Å². The molecule has 0 radical (unpaired) electrons. The van der Waals surface area contributed by atoms with Crippen molar-refractivity contribution >= 4 is 45.3 Å². The van der Waals surface area contributed by atoms with Gasteiger partial charge in [-0.25, -0.2) is 19.9 Å². The molecule has 1 fully saturated rings. The number of aryl methyl sites for hydroxylation is 2. The number of fused-ring (bicyclic) bond motifs is 2. The Kier molecular flexibility index (Phi) is 6.13. The summed E-state index contributed by atoms with van der Waals surface area (Å²) >= 11 is 1.98. The molecule has 0 saturated carbocycles. The highest BCUT2D eigenvalue weighted by Crippen LogP contribution is 2.35. The van der Waals surface area contributed by atoms with E-state index in [2.05, 4.69) is 34.1 Å². The van der Waals surface area contributed by atoms with Crippen molar-refractivity contribution in [2.75, 3.05) is 16.8 Å². The molecular weight excluding hydrogens is 394 g/mol. The second kappa shape index (κ2) is 8.95. The fourth-order valence-corrected chi connectivity index (χ4v) is 4.76. The van der Waals surface area contributed by atoms with Crippen LogP contribution in [0.2, 0.25) is 0 Å². The molecular formula is C22H27N7S. The summed E-state index contributed by atoms with van der Waals surface area (Å²) in [6.07, 6.45) is 7.64. The zero-order valence-electron chi connectivity index (χ0n) is 17.9. The van der Waals surface area contributed by atoms with Gasteiger partial charge in [-0.2, -0.15) is 16.9 Å². The van der Waals surface area contributed by atoms with Crippen LogP contribution in [-0.2, 0) is 7.05 Å². The lowest BCUT2D eigenvalue weighted by molar-refractivity contribution is 0.699. The van der Waals surface area contributed by atoms with Crippen molar-refractivity contribution in [3.8, 4) is 0 Å². The van der Waals surface area contributed by atoms with Crippen LogP contribution < -0.4 is 5.32 Å². The summed E-state index contributed by atoms with van der Waals surface area (Å²) in [6.45, 7) is 6.30. The summed E-state index contributed by atoms with van der Waals surface area (Å²) in [7, 11) is 1.96. The second-order valence-electron chi connectivity index (χ2n) is 7.58. The molecule has 0 spiro atoms. The molecule has 1 aliphatic heterocycles. The van der Waals surface area contributed by atoms with Gasteiger partial charge in [0.25, 0.3) is 0 Å². The van der Waals surface area contributed by atoms with Gasteiger partial charge in [0.2, 0.25) is 5.95 Å². The number of rotatable bonds is 3. The van der Waals surface area contributed by atoms with Gasteiger partial charge >= 0.3 is 0 Å². The van der Waals surface area contributed by atoms with E-state index in [1.165, 1.54) is 12.2 Å². The molecule has 0 bridgehead atoms. The molecule has 1 unspecified atom stereocenters. The van der Waals surface area contributed by atoms with Crippen molar-refractivity contribution in [1.29, 1.82) is 0 Å². The average Bonchev–Trinajstić information content (AvgIpc) is 3.37. The van der Waals surface area contributed by atoms with Crippen molar-refractivity contribution in [3.05, 3.63) is 42.1 Å². The molecule has 1 N–H and O–H groups in total. The zero-order valence-corrected chi connectivity index (χ0v) is 18.7. The first-order valence-corrected chi connectivity index (χ1v) is 11.5. The van der Waals surface area contributed by atoms with E-state index in [0.29, 0.717) is 11.9 Å². The Bertz CT molecular complexity index is 1170. The molecule has 7 nitrogen and oxygen atoms in total. The Morgan fingerprint density at radius 3 is 2.80 bits per heavy atom. The number of anilines is 2. The topological polar surface area (TPSA) is 81.4 Å². The van der Waals surface area contributed by atoms with Crippen molar-refractivity contribution in [2.24, 2.45) is 7.05 Å². The minimum absolute atomic E-state index is 0.473. The Morgan fingerprint density at radius 1 is 1.20 bits per heavy atom. The van der Waals surface area contributed by atoms with Gasteiger partial charge in [0.1, 0.15) is 17.4 Å². The summed E-state index contributed by atoms with van der Waals surface area (Å²) < 4.78 is 1.88. The van der Waals surface area contributed by atoms with Gasteiger partial charge in [0, 0.05) is 36.0 Å². The number of nitrogens with zero attached hydrogens (tertiary/aromatic N) is 6. The highest BCUT2D eigenvalue weighted by molar-refractivity contribution is 7.99. The molecule has 0 aliphatic carbocycles. The number of aromatic nitrogens is 6. The van der Waals surface area contributed by atoms with Crippen LogP contribution in [-0.4, -0.2) is 41.2 Å². The van der Waals surface area contributed by atoms with Crippen LogP contribution >= 0.6 is 11.8 Å². The number of benzene rings is 1. The Morgan fingerprint density at radius 2 is 2.03 bits per heavy atom. The largest absolute Gasteiger partial charge is 0.324 e. The zero-order chi connectivity index (χ0) is 21.1. The van der Waals surface area contributed by atoms with Gasteiger partial charge in [-0.3, -0.25) is 4.68 Å². The van der Waals surface area contributed by atoms with Crippen molar-refractivity contribution in [1.82, 2.24) is 29.7 Å². The van der Waals surface area contributed by atoms with Gasteiger partial charge in [-0.1, -0.05) is 20.3 Å². The third kappa shape index (κ3) is 4.09. The summed E-state index contributed by atoms with van der Waals surface area (Å²) in [5.41, 5.74) is 5.98. The van der Waals surface area contributed by atoms with Gasteiger partial charge in [-0.15, -0.1) is 0 Å². The lowest BCUT2D eigenvalue weighted by atomic mass is 10.0. The predicted molar refractivity (Wildman–Crippen MR) is 125 cm³/mol. The number of thioether (sulfide) groups is 1. The third-order valence-electron chi connectivity index (χ3n) is 5.03. The standard InChI is InChI=1S/C19H19N7S.C3H8/c1-11-5-15-13(7-20-10-22-15)6-14(11)23-19-21-8-16-18(24-19)17(25-26(16)2)12-3-4-27-9-12;1-3-2/h5-8,10,12H,3-4,9H2,1-2H3,(H,21,23,24);3H2,1-2H3. The van der Waals surface area contributed by atoms with Gasteiger partial charge in [-0.05, 0) is 36.8 Å². The van der Waals surface area contributed by atoms with Crippen molar-refractivity contribution in [3.63, 3.8) is 0 Å². The Balaban J connectivity index is 0.000000687. The van der Waals surface area contributed by atoms with Crippen molar-refractivity contribution in [2.45, 2.75) is 39.5 Å². The molecule has 1 aliphatic rings. The smallest absolute Gasteiger partial charge is 0.227 e. The van der Waals surface area contributed by atoms with E-state index in [-0.39, 0.29) is 0 Å². The van der Waals surface area contributed by atoms with Gasteiger partial charge < -0.3 is 5.32 Å². The monoisotopic (exact) mass is 421 g/mol. The number of hydrogen-bond donors (Lipinski definition) is 1. The first-order chi connectivity index (χ1) is 14.6. The normalized spacial score (nSPS) is 15.9. The van der Waals surface area contributed by atoms with Gasteiger partial charge in [0.05, 0.1) is 17.4 Å². The first kappa shape index (κ1) is 20.5. The lowest BCUT2D eigenvalue weighted by Gasteiger charge is -2.10. The van der Waals surface area contributed by atoms with E-state index >= 15 is 0 Å². The summed E-state index contributed by atoms with van der Waals surface area (Å²) in [4.78, 5) is 17.7. The second-order valence-corrected chi connectivity index (χ2v) is 8.73. The number of nitrogens with one attached hydrogen (secondary N) is 1. The fraction of sp³-hybridized carbons (Fsp3) is 0.409. The van der Waals surface area contributed by atoms with Crippen LogP contribution in [0.15, 0.2) is 30.9 Å². The maximum atomic E-state index is 4.81. The SMILES string of the molecule is CCC.Cc1cc2ncncc2cc1Nc1ncc2c(n1)c(C1CCSC1)nn2C. The van der Waals surface area contributed by atoms with E-state index in [4.69, 9.17) is 10.1 Å². The summed E-state index contributed by atoms with van der Waals surface area (Å²) in [5, 5.41) is 9.08. The van der Waals surface area contributed by atoms with Gasteiger partial charge in [0.15, 0.2) is 0 Å². The molecule has 4 aromatic rings. The molecule has 8 heteroatoms. The third-order valence-corrected chi connectivity index (χ3v) is 6.19. The minimum Gasteiger partial charge on any atom is -0.324 e. The Labute approximate surface area is 180 Å². The molecule has 156 valence electrons. The fourth-order valence-electron chi connectivity index (χ4n) is 3.54. The Hall–Kier alpha value is -2.74. The molecule has 1 aromatic carbocycles. The van der Waals surface area contributed by atoms with Crippen LogP contribution in [0.1, 0.15) is 43.9 Å². The molecule has 5 rings (SSSR count). The molecule has 1 saturated heterocycles. The van der Waals surface area contributed by atoms with Crippen LogP contribution in [0.4, 0.5) is 11.6 Å². The predicted octanol–water partition coefficient (Wildman–Crippen LogP) is 5.00. The molecule has 0 amide bonds. The minimum atomic E-state index is 0.473. The quantitative estimate of drug-likeness (QED) is 0.499. The number of hydrogen-bond acceptors (Lipinski definition) is 7. The highest BCUT2D eigenvalue weighted by atomic mass is 32.2. The summed E-state index contributed by atoms with van der Waals surface area (Å²) in [5.74, 6) is 3.36. The van der Waals surface area contributed by atoms with Crippen LogP contribution in [0, 0.1) is 6.92 Å². The summed E-state index contributed by atoms with van der Waals surface area (Å²) in [6, 6.07) is 4.08. The van der Waals surface area contributed by atoms with Crippen LogP contribution in [0.25, 0.3) is 21.9 Å². The maximum absolute atomic E-state index is 4.81. The van der Waals surface area contributed by atoms with E-state index in [0.717, 1.165) is 51.1 Å². The van der Waals surface area contributed by atoms with E-state index in [1.807, 2.05) is 54.9 Å². The average molecular weight is 422 g/mol. The molecule has 4 heterocycles. The maximum Gasteiger partial charge on any atom is 0.227 e. The van der Waals surface area contributed by atoms with Crippen LogP contribution in [0.5, 0.6) is 0 Å². The van der Waals surface area contributed by atoms with E-state index < -0.39 is 0 Å². The first-order valence-electron chi connectivity index (χ1n) is 10.4.